The zero-order valence-electron chi connectivity index (χ0n) is 19.2. The van der Waals surface area contributed by atoms with Crippen molar-refractivity contribution in [2.45, 2.75) is 52.0 Å². The van der Waals surface area contributed by atoms with Crippen LogP contribution in [0.5, 0.6) is 5.75 Å². The fourth-order valence-corrected chi connectivity index (χ4v) is 3.02. The monoisotopic (exact) mass is 406 g/mol. The molecule has 0 aliphatic carbocycles. The van der Waals surface area contributed by atoms with E-state index in [-0.39, 0.29) is 0 Å². The van der Waals surface area contributed by atoms with Gasteiger partial charge in [0.15, 0.2) is 5.96 Å². The first kappa shape index (κ1) is 25.2. The van der Waals surface area contributed by atoms with Crippen LogP contribution in [0.1, 0.15) is 49.7 Å². The summed E-state index contributed by atoms with van der Waals surface area (Å²) in [5.74, 6) is 1.77. The van der Waals surface area contributed by atoms with E-state index in [1.807, 2.05) is 7.05 Å². The van der Waals surface area contributed by atoms with E-state index in [1.54, 1.807) is 7.11 Å². The minimum Gasteiger partial charge on any atom is -0.493 e. The summed E-state index contributed by atoms with van der Waals surface area (Å²) < 4.78 is 11.1. The normalized spacial score (nSPS) is 11.7. The van der Waals surface area contributed by atoms with Gasteiger partial charge >= 0.3 is 0 Å². The number of nitrogens with one attached hydrogen (secondary N) is 2. The predicted molar refractivity (Wildman–Crippen MR) is 123 cm³/mol. The van der Waals surface area contributed by atoms with Gasteiger partial charge < -0.3 is 25.0 Å². The lowest BCUT2D eigenvalue weighted by molar-refractivity contribution is 0.171. The van der Waals surface area contributed by atoms with Crippen molar-refractivity contribution in [3.05, 3.63) is 29.3 Å². The Labute approximate surface area is 178 Å². The number of hydrogen-bond donors (Lipinski definition) is 2. The highest BCUT2D eigenvalue weighted by Crippen LogP contribution is 2.20. The maximum absolute atomic E-state index is 5.96. The van der Waals surface area contributed by atoms with Crippen LogP contribution in [0.25, 0.3) is 0 Å². The van der Waals surface area contributed by atoms with Gasteiger partial charge in [-0.25, -0.2) is 0 Å². The number of guanidine groups is 1. The van der Waals surface area contributed by atoms with Crippen LogP contribution in [0.15, 0.2) is 23.2 Å². The lowest BCUT2D eigenvalue weighted by Crippen LogP contribution is -2.37. The molecule has 0 bridgehead atoms. The molecule has 1 rings (SSSR count). The van der Waals surface area contributed by atoms with Crippen molar-refractivity contribution in [3.63, 3.8) is 0 Å². The molecule has 1 aromatic carbocycles. The minimum absolute atomic E-state index is 0.659. The maximum Gasteiger partial charge on any atom is 0.191 e. The highest BCUT2D eigenvalue weighted by molar-refractivity contribution is 5.79. The number of unbranched alkanes of at least 4 members (excludes halogenated alkanes) is 4. The average Bonchev–Trinajstić information content (AvgIpc) is 2.70. The number of methoxy groups -OCH3 is 1. The number of aliphatic imine (C=N–C) groups is 1. The van der Waals surface area contributed by atoms with Crippen LogP contribution in [0, 0.1) is 6.92 Å². The fourth-order valence-electron chi connectivity index (χ4n) is 3.02. The summed E-state index contributed by atoms with van der Waals surface area (Å²) >= 11 is 0. The molecule has 0 spiro atoms. The molecule has 0 unspecified atom stereocenters. The molecule has 0 aliphatic heterocycles. The Morgan fingerprint density at radius 2 is 1.76 bits per heavy atom. The van der Waals surface area contributed by atoms with Crippen molar-refractivity contribution in [3.8, 4) is 5.75 Å². The van der Waals surface area contributed by atoms with Crippen LogP contribution in [-0.4, -0.2) is 65.4 Å². The zero-order valence-corrected chi connectivity index (χ0v) is 19.2. The van der Waals surface area contributed by atoms with Gasteiger partial charge in [0.2, 0.25) is 0 Å². The van der Waals surface area contributed by atoms with Gasteiger partial charge in [0.1, 0.15) is 5.75 Å². The van der Waals surface area contributed by atoms with Crippen molar-refractivity contribution < 1.29 is 9.47 Å². The van der Waals surface area contributed by atoms with Crippen molar-refractivity contribution in [2.75, 3.05) is 54.6 Å². The number of nitrogens with zero attached hydrogens (tertiary/aromatic N) is 2. The molecular formula is C23H42N4O2. The molecule has 0 amide bonds. The second-order valence-corrected chi connectivity index (χ2v) is 7.73. The van der Waals surface area contributed by atoms with Gasteiger partial charge in [-0.15, -0.1) is 0 Å². The van der Waals surface area contributed by atoms with Crippen LogP contribution in [0.2, 0.25) is 0 Å². The van der Waals surface area contributed by atoms with Crippen molar-refractivity contribution in [1.29, 1.82) is 0 Å². The van der Waals surface area contributed by atoms with E-state index < -0.39 is 0 Å². The van der Waals surface area contributed by atoms with E-state index >= 15 is 0 Å². The largest absolute Gasteiger partial charge is 0.493 e. The van der Waals surface area contributed by atoms with Crippen LogP contribution < -0.4 is 15.4 Å². The minimum atomic E-state index is 0.659. The molecule has 0 aliphatic rings. The van der Waals surface area contributed by atoms with E-state index in [1.165, 1.54) is 44.2 Å². The Balaban J connectivity index is 2.31. The van der Waals surface area contributed by atoms with E-state index in [2.05, 4.69) is 59.7 Å². The highest BCUT2D eigenvalue weighted by atomic mass is 16.5. The van der Waals surface area contributed by atoms with Crippen molar-refractivity contribution in [1.82, 2.24) is 15.5 Å². The van der Waals surface area contributed by atoms with Gasteiger partial charge in [0, 0.05) is 45.8 Å². The quantitative estimate of drug-likeness (QED) is 0.265. The summed E-state index contributed by atoms with van der Waals surface area (Å²) in [5.41, 5.74) is 2.33. The lowest BCUT2D eigenvalue weighted by Gasteiger charge is -2.15. The molecule has 1 aromatic rings. The number of benzene rings is 1. The molecule has 29 heavy (non-hydrogen) atoms. The van der Waals surface area contributed by atoms with Gasteiger partial charge in [0.25, 0.3) is 0 Å². The molecule has 0 heterocycles. The third-order valence-electron chi connectivity index (χ3n) is 4.72. The van der Waals surface area contributed by atoms with Crippen LogP contribution >= 0.6 is 0 Å². The van der Waals surface area contributed by atoms with Gasteiger partial charge in [-0.2, -0.15) is 0 Å². The molecule has 0 radical (unpaired) electrons. The van der Waals surface area contributed by atoms with E-state index in [9.17, 15) is 0 Å². The predicted octanol–water partition coefficient (Wildman–Crippen LogP) is 3.59. The maximum atomic E-state index is 5.96. The molecule has 2 N–H and O–H groups in total. The Hall–Kier alpha value is -1.79. The lowest BCUT2D eigenvalue weighted by atomic mass is 10.1. The third-order valence-corrected chi connectivity index (χ3v) is 4.72. The molecule has 6 heteroatoms. The SMILES string of the molecule is CN=C(NCCCCCCCN(C)C)NCc1ccc(C)cc1OCCCOC. The summed E-state index contributed by atoms with van der Waals surface area (Å²) in [6, 6.07) is 6.33. The molecule has 6 nitrogen and oxygen atoms in total. The molecular weight excluding hydrogens is 364 g/mol. The van der Waals surface area contributed by atoms with Gasteiger partial charge in [-0.05, 0) is 52.0 Å². The van der Waals surface area contributed by atoms with Crippen molar-refractivity contribution >= 4 is 5.96 Å². The third kappa shape index (κ3) is 12.4. The molecule has 0 saturated heterocycles. The first-order valence-corrected chi connectivity index (χ1v) is 10.9. The Kier molecular flexibility index (Phi) is 14.0. The Morgan fingerprint density at radius 3 is 2.48 bits per heavy atom. The number of hydrogen-bond acceptors (Lipinski definition) is 4. The average molecular weight is 407 g/mol. The van der Waals surface area contributed by atoms with Crippen LogP contribution in [0.3, 0.4) is 0 Å². The fraction of sp³-hybridized carbons (Fsp3) is 0.696. The van der Waals surface area contributed by atoms with Gasteiger partial charge in [-0.1, -0.05) is 31.4 Å². The Morgan fingerprint density at radius 1 is 1.00 bits per heavy atom. The molecule has 0 aromatic heterocycles. The molecule has 0 saturated carbocycles. The van der Waals surface area contributed by atoms with E-state index in [4.69, 9.17) is 9.47 Å². The smallest absolute Gasteiger partial charge is 0.191 e. The first-order valence-electron chi connectivity index (χ1n) is 10.9. The van der Waals surface area contributed by atoms with Crippen molar-refractivity contribution in [2.24, 2.45) is 4.99 Å². The summed E-state index contributed by atoms with van der Waals surface area (Å²) in [6.07, 6.45) is 7.21. The second-order valence-electron chi connectivity index (χ2n) is 7.73. The number of ether oxygens (including phenoxy) is 2. The molecule has 0 fully saturated rings. The van der Waals surface area contributed by atoms with Crippen LogP contribution in [0.4, 0.5) is 0 Å². The van der Waals surface area contributed by atoms with Crippen LogP contribution in [-0.2, 0) is 11.3 Å². The number of aryl methyl sites for hydroxylation is 1. The second kappa shape index (κ2) is 16.1. The van der Waals surface area contributed by atoms with Gasteiger partial charge in [0.05, 0.1) is 6.61 Å². The van der Waals surface area contributed by atoms with E-state index in [0.717, 1.165) is 30.2 Å². The highest BCUT2D eigenvalue weighted by Gasteiger charge is 2.06. The summed E-state index contributed by atoms with van der Waals surface area (Å²) in [4.78, 5) is 6.59. The zero-order chi connectivity index (χ0) is 21.3. The number of rotatable bonds is 15. The van der Waals surface area contributed by atoms with E-state index in [0.29, 0.717) is 19.8 Å². The summed E-state index contributed by atoms with van der Waals surface area (Å²) in [7, 11) is 7.80. The topological polar surface area (TPSA) is 58.1 Å². The summed E-state index contributed by atoms with van der Waals surface area (Å²) in [6.45, 7) is 6.27. The standard InChI is InChI=1S/C23H42N4O2/c1-20-12-13-21(22(18-20)29-17-11-16-28-5)19-26-23(24-2)25-14-9-7-6-8-10-15-27(3)4/h12-13,18H,6-11,14-17,19H2,1-5H3,(H2,24,25,26). The molecule has 166 valence electrons. The molecule has 0 atom stereocenters. The van der Waals surface area contributed by atoms with Gasteiger partial charge in [-0.3, -0.25) is 4.99 Å². The summed E-state index contributed by atoms with van der Waals surface area (Å²) in [5, 5.41) is 6.81. The Bertz CT molecular complexity index is 576. The first-order chi connectivity index (χ1) is 14.1.